The van der Waals surface area contributed by atoms with Gasteiger partial charge in [-0.2, -0.15) is 0 Å². The molecule has 0 fully saturated rings. The maximum atomic E-state index is 12.6. The molecule has 0 unspecified atom stereocenters. The van der Waals surface area contributed by atoms with Crippen LogP contribution in [0.4, 0.5) is 0 Å². The number of hydrogen-bond acceptors (Lipinski definition) is 4. The van der Waals surface area contributed by atoms with Crippen molar-refractivity contribution in [3.63, 3.8) is 0 Å². The highest BCUT2D eigenvalue weighted by Gasteiger charge is 2.29. The fraction of sp³-hybridized carbons (Fsp3) is 0.963. The number of nitrogens with one attached hydrogen (secondary N) is 2. The van der Waals surface area contributed by atoms with E-state index in [1.807, 2.05) is 48.6 Å². The topological polar surface area (TPSA) is 59.6 Å². The summed E-state index contributed by atoms with van der Waals surface area (Å²) in [6, 6.07) is 0. The minimum absolute atomic E-state index is 0.0715. The average Bonchev–Trinajstić information content (AvgIpc) is 2.70. The van der Waals surface area contributed by atoms with Crippen molar-refractivity contribution < 1.29 is 14.3 Å². The van der Waals surface area contributed by atoms with Crippen LogP contribution in [-0.4, -0.2) is 49.5 Å². The lowest BCUT2D eigenvalue weighted by molar-refractivity contribution is -0.131. The molecule has 5 heteroatoms. The molecule has 0 saturated heterocycles. The molecule has 0 aliphatic heterocycles. The smallest absolute Gasteiger partial charge is 0.225 e. The highest BCUT2D eigenvalue weighted by Crippen LogP contribution is 2.24. The van der Waals surface area contributed by atoms with E-state index in [-0.39, 0.29) is 22.6 Å². The summed E-state index contributed by atoms with van der Waals surface area (Å²) in [5, 5.41) is 6.37. The van der Waals surface area contributed by atoms with Crippen LogP contribution in [0.1, 0.15) is 122 Å². The third-order valence-corrected chi connectivity index (χ3v) is 5.60. The van der Waals surface area contributed by atoms with E-state index in [0.717, 1.165) is 25.7 Å². The second kappa shape index (κ2) is 17.8. The fourth-order valence-corrected chi connectivity index (χ4v) is 2.87. The molecule has 0 spiro atoms. The summed E-state index contributed by atoms with van der Waals surface area (Å²) >= 11 is 0. The standard InChI is InChI=1S/C23H48N2O3.2C2H6/c1-11-12-22(6,7)27-17-14-20(2,3)19(26)25-16-13-23(8,9)28-18-15-21(4,5)24-10;2*1-2/h24H,11-18H2,1-10H3,(H,25,26);2*1-2H3. The van der Waals surface area contributed by atoms with E-state index < -0.39 is 5.41 Å². The SMILES string of the molecule is CC.CC.CCCC(C)(C)OCCC(C)(C)C(=O)NCCC(C)(C)OCCC(C)(C)NC. The van der Waals surface area contributed by atoms with E-state index in [1.165, 1.54) is 0 Å². The predicted octanol–water partition coefficient (Wildman–Crippen LogP) is 6.74. The van der Waals surface area contributed by atoms with Crippen LogP contribution in [0.3, 0.4) is 0 Å². The molecule has 2 N–H and O–H groups in total. The Morgan fingerprint density at radius 1 is 0.719 bits per heavy atom. The third kappa shape index (κ3) is 18.9. The molecule has 0 aromatic rings. The van der Waals surface area contributed by atoms with E-state index in [2.05, 4.69) is 59.1 Å². The lowest BCUT2D eigenvalue weighted by Gasteiger charge is -2.31. The summed E-state index contributed by atoms with van der Waals surface area (Å²) in [6.07, 6.45) is 4.57. The van der Waals surface area contributed by atoms with Gasteiger partial charge in [-0.25, -0.2) is 0 Å². The number of carbonyl (C=O) groups excluding carboxylic acids is 1. The normalized spacial score (nSPS) is 12.3. The molecule has 0 rings (SSSR count). The summed E-state index contributed by atoms with van der Waals surface area (Å²) in [6.45, 7) is 28.8. The summed E-state index contributed by atoms with van der Waals surface area (Å²) in [5.41, 5.74) is -0.745. The highest BCUT2D eigenvalue weighted by atomic mass is 16.5. The molecular weight excluding hydrogens is 400 g/mol. The van der Waals surface area contributed by atoms with E-state index in [9.17, 15) is 4.79 Å². The third-order valence-electron chi connectivity index (χ3n) is 5.60. The molecule has 32 heavy (non-hydrogen) atoms. The van der Waals surface area contributed by atoms with E-state index in [4.69, 9.17) is 9.47 Å². The molecule has 196 valence electrons. The minimum atomic E-state index is -0.440. The minimum Gasteiger partial charge on any atom is -0.376 e. The Hall–Kier alpha value is -0.650. The van der Waals surface area contributed by atoms with Crippen molar-refractivity contribution in [2.24, 2.45) is 5.41 Å². The molecule has 0 saturated carbocycles. The van der Waals surface area contributed by atoms with Crippen LogP contribution in [0.2, 0.25) is 0 Å². The maximum absolute atomic E-state index is 12.6. The Morgan fingerprint density at radius 3 is 1.59 bits per heavy atom. The van der Waals surface area contributed by atoms with Crippen molar-refractivity contribution in [3.05, 3.63) is 0 Å². The summed E-state index contributed by atoms with van der Waals surface area (Å²) < 4.78 is 12.0. The summed E-state index contributed by atoms with van der Waals surface area (Å²) in [4.78, 5) is 12.6. The fourth-order valence-electron chi connectivity index (χ4n) is 2.87. The maximum Gasteiger partial charge on any atom is 0.225 e. The Kier molecular flexibility index (Phi) is 20.0. The summed E-state index contributed by atoms with van der Waals surface area (Å²) in [7, 11) is 1.97. The van der Waals surface area contributed by atoms with Gasteiger partial charge in [0.1, 0.15) is 0 Å². The van der Waals surface area contributed by atoms with Crippen LogP contribution in [-0.2, 0) is 14.3 Å². The van der Waals surface area contributed by atoms with Gasteiger partial charge in [-0.3, -0.25) is 4.79 Å². The lowest BCUT2D eigenvalue weighted by Crippen LogP contribution is -2.41. The predicted molar refractivity (Wildman–Crippen MR) is 141 cm³/mol. The number of rotatable bonds is 15. The monoisotopic (exact) mass is 460 g/mol. The Labute approximate surface area is 202 Å². The first-order chi connectivity index (χ1) is 14.7. The van der Waals surface area contributed by atoms with Crippen LogP contribution < -0.4 is 10.6 Å². The average molecular weight is 461 g/mol. The van der Waals surface area contributed by atoms with Crippen molar-refractivity contribution in [3.8, 4) is 0 Å². The van der Waals surface area contributed by atoms with Gasteiger partial charge in [-0.15, -0.1) is 0 Å². The van der Waals surface area contributed by atoms with Gasteiger partial charge < -0.3 is 20.1 Å². The van der Waals surface area contributed by atoms with Crippen molar-refractivity contribution in [2.45, 2.75) is 139 Å². The second-order valence-corrected chi connectivity index (χ2v) is 10.5. The zero-order valence-corrected chi connectivity index (χ0v) is 24.4. The molecule has 0 aliphatic rings. The second-order valence-electron chi connectivity index (χ2n) is 10.5. The first-order valence-corrected chi connectivity index (χ1v) is 12.9. The van der Waals surface area contributed by atoms with Gasteiger partial charge in [-0.1, -0.05) is 54.9 Å². The molecular formula is C27H60N2O3. The quantitative estimate of drug-likeness (QED) is 0.284. The first-order valence-electron chi connectivity index (χ1n) is 12.9. The Bertz CT molecular complexity index is 458. The number of hydrogen-bond donors (Lipinski definition) is 2. The molecule has 0 aromatic carbocycles. The molecule has 0 aromatic heterocycles. The van der Waals surface area contributed by atoms with Crippen LogP contribution in [0, 0.1) is 5.41 Å². The van der Waals surface area contributed by atoms with Crippen LogP contribution >= 0.6 is 0 Å². The lowest BCUT2D eigenvalue weighted by atomic mass is 9.88. The van der Waals surface area contributed by atoms with Gasteiger partial charge in [0, 0.05) is 30.7 Å². The largest absolute Gasteiger partial charge is 0.376 e. The van der Waals surface area contributed by atoms with E-state index >= 15 is 0 Å². The Balaban J connectivity index is -0.00000198. The molecule has 0 heterocycles. The molecule has 1 amide bonds. The van der Waals surface area contributed by atoms with Crippen LogP contribution in [0.15, 0.2) is 0 Å². The number of ether oxygens (including phenoxy) is 2. The van der Waals surface area contributed by atoms with Crippen molar-refractivity contribution in [1.29, 1.82) is 0 Å². The zero-order valence-electron chi connectivity index (χ0n) is 24.4. The Morgan fingerprint density at radius 2 is 1.16 bits per heavy atom. The molecule has 0 bridgehead atoms. The van der Waals surface area contributed by atoms with Gasteiger partial charge in [0.15, 0.2) is 0 Å². The number of amides is 1. The van der Waals surface area contributed by atoms with Gasteiger partial charge >= 0.3 is 0 Å². The summed E-state index contributed by atoms with van der Waals surface area (Å²) in [5.74, 6) is 0.0801. The highest BCUT2D eigenvalue weighted by molar-refractivity contribution is 5.81. The van der Waals surface area contributed by atoms with Crippen LogP contribution in [0.25, 0.3) is 0 Å². The molecule has 5 nitrogen and oxygen atoms in total. The number of carbonyl (C=O) groups is 1. The molecule has 0 atom stereocenters. The van der Waals surface area contributed by atoms with E-state index in [1.54, 1.807) is 0 Å². The van der Waals surface area contributed by atoms with Crippen LogP contribution in [0.5, 0.6) is 0 Å². The van der Waals surface area contributed by atoms with Crippen molar-refractivity contribution in [2.75, 3.05) is 26.8 Å². The van der Waals surface area contributed by atoms with E-state index in [0.29, 0.717) is 26.2 Å². The first kappa shape index (κ1) is 35.9. The van der Waals surface area contributed by atoms with Gasteiger partial charge in [0.05, 0.1) is 11.2 Å². The van der Waals surface area contributed by atoms with Gasteiger partial charge in [-0.05, 0) is 74.3 Å². The molecule has 0 aliphatic carbocycles. The van der Waals surface area contributed by atoms with Gasteiger partial charge in [0.25, 0.3) is 0 Å². The molecule has 0 radical (unpaired) electrons. The van der Waals surface area contributed by atoms with Gasteiger partial charge in [0.2, 0.25) is 5.91 Å². The zero-order chi connectivity index (χ0) is 26.1. The van der Waals surface area contributed by atoms with Crippen molar-refractivity contribution >= 4 is 5.91 Å². The van der Waals surface area contributed by atoms with Crippen molar-refractivity contribution in [1.82, 2.24) is 10.6 Å².